The van der Waals surface area contributed by atoms with E-state index in [1.54, 1.807) is 31.2 Å². The molecule has 1 N–H and O–H groups in total. The van der Waals surface area contributed by atoms with Crippen LogP contribution in [0.3, 0.4) is 0 Å². The first-order valence-electron chi connectivity index (χ1n) is 6.59. The lowest BCUT2D eigenvalue weighted by atomic mass is 10.2. The second-order valence-corrected chi connectivity index (χ2v) is 6.77. The van der Waals surface area contributed by atoms with Crippen LogP contribution in [0.15, 0.2) is 50.3 Å². The highest BCUT2D eigenvalue weighted by atomic mass is 35.5. The highest BCUT2D eigenvalue weighted by molar-refractivity contribution is 7.89. The summed E-state index contributed by atoms with van der Waals surface area (Å²) in [5, 5.41) is 7.68. The van der Waals surface area contributed by atoms with Gasteiger partial charge in [-0.25, -0.2) is 13.1 Å². The van der Waals surface area contributed by atoms with E-state index in [9.17, 15) is 8.42 Å². The third-order valence-electron chi connectivity index (χ3n) is 2.99. The van der Waals surface area contributed by atoms with Crippen molar-refractivity contribution in [1.29, 1.82) is 0 Å². The van der Waals surface area contributed by atoms with Crippen molar-refractivity contribution in [2.24, 2.45) is 0 Å². The van der Waals surface area contributed by atoms with Gasteiger partial charge in [0.05, 0.1) is 0 Å². The van der Waals surface area contributed by atoms with Crippen LogP contribution in [-0.2, 0) is 16.6 Å². The number of halogens is 1. The number of sulfonamides is 1. The quantitative estimate of drug-likeness (QED) is 0.757. The van der Waals surface area contributed by atoms with E-state index < -0.39 is 10.0 Å². The van der Waals surface area contributed by atoms with Gasteiger partial charge >= 0.3 is 0 Å². The molecule has 2 aromatic heterocycles. The Morgan fingerprint density at radius 3 is 2.61 bits per heavy atom. The molecule has 0 saturated heterocycles. The molecule has 0 aliphatic heterocycles. The third kappa shape index (κ3) is 3.44. The van der Waals surface area contributed by atoms with Gasteiger partial charge in [-0.1, -0.05) is 29.8 Å². The molecule has 3 rings (SSSR count). The second-order valence-electron chi connectivity index (χ2n) is 4.66. The number of hydrogen-bond acceptors (Lipinski definition) is 6. The Kier molecular flexibility index (Phi) is 4.20. The first-order valence-corrected chi connectivity index (χ1v) is 8.45. The summed E-state index contributed by atoms with van der Waals surface area (Å²) in [5.41, 5.74) is 0.664. The number of aryl methyl sites for hydroxylation is 1. The summed E-state index contributed by atoms with van der Waals surface area (Å²) in [6, 6.07) is 9.75. The second kappa shape index (κ2) is 6.15. The van der Waals surface area contributed by atoms with Crippen LogP contribution >= 0.6 is 11.6 Å². The van der Waals surface area contributed by atoms with Gasteiger partial charge in [0.2, 0.25) is 11.0 Å². The molecule has 0 spiro atoms. The normalized spacial score (nSPS) is 11.7. The molecule has 1 aromatic carbocycles. The summed E-state index contributed by atoms with van der Waals surface area (Å²) in [6.07, 6.45) is 0. The standard InChI is InChI=1S/C14H12ClN3O4S/c1-9-17-18-14(21-9)12-6-7-13(22-12)23(19,20)16-8-10-4-2-3-5-11(10)15/h2-7,16H,8H2,1H3. The zero-order chi connectivity index (χ0) is 16.4. The summed E-state index contributed by atoms with van der Waals surface area (Å²) >= 11 is 6.00. The average Bonchev–Trinajstić information content (AvgIpc) is 3.15. The van der Waals surface area contributed by atoms with Gasteiger partial charge in [0.1, 0.15) is 0 Å². The monoisotopic (exact) mass is 353 g/mol. The Bertz CT molecular complexity index is 933. The highest BCUT2D eigenvalue weighted by Crippen LogP contribution is 2.23. The van der Waals surface area contributed by atoms with Gasteiger partial charge in [0, 0.05) is 18.5 Å². The molecule has 7 nitrogen and oxygen atoms in total. The Hall–Kier alpha value is -2.16. The van der Waals surface area contributed by atoms with E-state index in [4.69, 9.17) is 20.4 Å². The van der Waals surface area contributed by atoms with E-state index in [0.717, 1.165) is 0 Å². The SMILES string of the molecule is Cc1nnc(-c2ccc(S(=O)(=O)NCc3ccccc3Cl)o2)o1. The molecule has 0 unspecified atom stereocenters. The molecule has 2 heterocycles. The van der Waals surface area contributed by atoms with E-state index in [0.29, 0.717) is 16.5 Å². The Balaban J connectivity index is 1.78. The zero-order valence-corrected chi connectivity index (χ0v) is 13.6. The van der Waals surface area contributed by atoms with Crippen molar-refractivity contribution in [1.82, 2.24) is 14.9 Å². The Labute approximate surface area is 137 Å². The zero-order valence-electron chi connectivity index (χ0n) is 12.0. The fourth-order valence-corrected chi connectivity index (χ4v) is 3.00. The molecule has 9 heteroatoms. The maximum atomic E-state index is 12.3. The molecule has 0 radical (unpaired) electrons. The molecule has 0 amide bonds. The molecule has 120 valence electrons. The molecule has 0 saturated carbocycles. The van der Waals surface area contributed by atoms with Crippen LogP contribution < -0.4 is 4.72 Å². The number of furan rings is 1. The van der Waals surface area contributed by atoms with Crippen molar-refractivity contribution in [3.8, 4) is 11.7 Å². The number of aromatic nitrogens is 2. The molecule has 0 aliphatic carbocycles. The predicted octanol–water partition coefficient (Wildman–Crippen LogP) is 2.77. The summed E-state index contributed by atoms with van der Waals surface area (Å²) in [5.74, 6) is 0.663. The van der Waals surface area contributed by atoms with Gasteiger partial charge in [0.15, 0.2) is 5.76 Å². The summed E-state index contributed by atoms with van der Waals surface area (Å²) in [7, 11) is -3.82. The lowest BCUT2D eigenvalue weighted by molar-refractivity contribution is 0.435. The van der Waals surface area contributed by atoms with Crippen LogP contribution in [0.1, 0.15) is 11.5 Å². The molecule has 0 aliphatic rings. The topological polar surface area (TPSA) is 98.2 Å². The van der Waals surface area contributed by atoms with E-state index in [-0.39, 0.29) is 23.3 Å². The molecule has 3 aromatic rings. The fourth-order valence-electron chi connectivity index (χ4n) is 1.86. The van der Waals surface area contributed by atoms with Gasteiger partial charge < -0.3 is 8.83 Å². The van der Waals surface area contributed by atoms with Gasteiger partial charge in [-0.15, -0.1) is 10.2 Å². The van der Waals surface area contributed by atoms with Crippen LogP contribution in [0.4, 0.5) is 0 Å². The molecule has 23 heavy (non-hydrogen) atoms. The smallest absolute Gasteiger partial charge is 0.283 e. The molecule has 0 bridgehead atoms. The minimum atomic E-state index is -3.82. The first-order chi connectivity index (χ1) is 11.0. The largest absolute Gasteiger partial charge is 0.438 e. The van der Waals surface area contributed by atoms with Crippen LogP contribution in [0.5, 0.6) is 0 Å². The number of nitrogens with one attached hydrogen (secondary N) is 1. The van der Waals surface area contributed by atoms with Crippen LogP contribution in [-0.4, -0.2) is 18.6 Å². The highest BCUT2D eigenvalue weighted by Gasteiger charge is 2.21. The van der Waals surface area contributed by atoms with E-state index in [1.807, 2.05) is 0 Å². The van der Waals surface area contributed by atoms with E-state index >= 15 is 0 Å². The number of hydrogen-bond donors (Lipinski definition) is 1. The van der Waals surface area contributed by atoms with Crippen molar-refractivity contribution >= 4 is 21.6 Å². The van der Waals surface area contributed by atoms with Crippen LogP contribution in [0, 0.1) is 6.92 Å². The predicted molar refractivity (Wildman–Crippen MR) is 82.2 cm³/mol. The molecular formula is C14H12ClN3O4S. The van der Waals surface area contributed by atoms with Gasteiger partial charge in [-0.2, -0.15) is 0 Å². The number of nitrogens with zero attached hydrogens (tertiary/aromatic N) is 2. The number of benzene rings is 1. The molecule has 0 fully saturated rings. The Morgan fingerprint density at radius 2 is 1.91 bits per heavy atom. The average molecular weight is 354 g/mol. The van der Waals surface area contributed by atoms with Crippen molar-refractivity contribution in [2.45, 2.75) is 18.6 Å². The number of rotatable bonds is 5. The lowest BCUT2D eigenvalue weighted by Gasteiger charge is -2.05. The summed E-state index contributed by atoms with van der Waals surface area (Å²) in [4.78, 5) is 0. The van der Waals surface area contributed by atoms with Crippen LogP contribution in [0.2, 0.25) is 5.02 Å². The van der Waals surface area contributed by atoms with Crippen molar-refractivity contribution in [3.05, 3.63) is 52.9 Å². The molecule has 0 atom stereocenters. The first kappa shape index (κ1) is 15.7. The van der Waals surface area contributed by atoms with Crippen molar-refractivity contribution < 1.29 is 17.3 Å². The van der Waals surface area contributed by atoms with E-state index in [1.165, 1.54) is 12.1 Å². The summed E-state index contributed by atoms with van der Waals surface area (Å²) < 4.78 is 37.4. The van der Waals surface area contributed by atoms with Crippen molar-refractivity contribution in [2.75, 3.05) is 0 Å². The van der Waals surface area contributed by atoms with Gasteiger partial charge in [-0.3, -0.25) is 0 Å². The van der Waals surface area contributed by atoms with E-state index in [2.05, 4.69) is 14.9 Å². The third-order valence-corrected chi connectivity index (χ3v) is 4.64. The maximum Gasteiger partial charge on any atom is 0.283 e. The Morgan fingerprint density at radius 1 is 1.13 bits per heavy atom. The lowest BCUT2D eigenvalue weighted by Crippen LogP contribution is -2.22. The fraction of sp³-hybridized carbons (Fsp3) is 0.143. The maximum absolute atomic E-state index is 12.3. The van der Waals surface area contributed by atoms with Crippen LogP contribution in [0.25, 0.3) is 11.7 Å². The minimum Gasteiger partial charge on any atom is -0.438 e. The van der Waals surface area contributed by atoms with Gasteiger partial charge in [-0.05, 0) is 23.8 Å². The minimum absolute atomic E-state index is 0.0533. The van der Waals surface area contributed by atoms with Crippen molar-refractivity contribution in [3.63, 3.8) is 0 Å². The summed E-state index contributed by atoms with van der Waals surface area (Å²) in [6.45, 7) is 1.68. The molecular weight excluding hydrogens is 342 g/mol. The van der Waals surface area contributed by atoms with Gasteiger partial charge in [0.25, 0.3) is 15.9 Å².